The van der Waals surface area contributed by atoms with Crippen molar-refractivity contribution in [2.24, 2.45) is 0 Å². The molecule has 28 heavy (non-hydrogen) atoms. The Morgan fingerprint density at radius 2 is 1.75 bits per heavy atom. The Morgan fingerprint density at radius 1 is 1.14 bits per heavy atom. The van der Waals surface area contributed by atoms with Gasteiger partial charge in [-0.1, -0.05) is 30.3 Å². The van der Waals surface area contributed by atoms with Crippen LogP contribution in [0.4, 0.5) is 11.4 Å². The van der Waals surface area contributed by atoms with Crippen LogP contribution >= 0.6 is 0 Å². The van der Waals surface area contributed by atoms with Gasteiger partial charge in [-0.15, -0.1) is 0 Å². The van der Waals surface area contributed by atoms with Crippen molar-refractivity contribution >= 4 is 17.3 Å². The van der Waals surface area contributed by atoms with Crippen LogP contribution in [0.25, 0.3) is 0 Å². The molecule has 148 valence electrons. The van der Waals surface area contributed by atoms with Gasteiger partial charge in [0.15, 0.2) is 6.54 Å². The summed E-state index contributed by atoms with van der Waals surface area (Å²) in [5.74, 6) is 0.148. The van der Waals surface area contributed by atoms with Gasteiger partial charge in [0.25, 0.3) is 11.6 Å². The van der Waals surface area contributed by atoms with E-state index < -0.39 is 0 Å². The number of amides is 1. The number of anilines is 1. The molecule has 0 saturated carbocycles. The predicted octanol–water partition coefficient (Wildman–Crippen LogP) is 1.52. The van der Waals surface area contributed by atoms with Gasteiger partial charge < -0.3 is 14.7 Å². The van der Waals surface area contributed by atoms with E-state index >= 15 is 0 Å². The summed E-state index contributed by atoms with van der Waals surface area (Å²) in [5.41, 5.74) is 2.23. The largest absolute Gasteiger partial charge is 0.360 e. The van der Waals surface area contributed by atoms with Crippen molar-refractivity contribution < 1.29 is 14.6 Å². The number of piperazine rings is 1. The zero-order valence-electron chi connectivity index (χ0n) is 16.4. The highest BCUT2D eigenvalue weighted by molar-refractivity contribution is 5.77. The minimum absolute atomic E-state index is 0.0505. The molecule has 1 saturated heterocycles. The van der Waals surface area contributed by atoms with E-state index in [-0.39, 0.29) is 22.6 Å². The third-order valence-corrected chi connectivity index (χ3v) is 5.55. The molecule has 1 heterocycles. The number of carbonyl (C=O) groups excluding carboxylic acids is 1. The summed E-state index contributed by atoms with van der Waals surface area (Å²) in [7, 11) is 1.87. The van der Waals surface area contributed by atoms with Gasteiger partial charge in [-0.25, -0.2) is 0 Å². The molecule has 1 fully saturated rings. The molecule has 1 aliphatic rings. The molecular weight excluding hydrogens is 356 g/mol. The number of non-ortho nitro benzene ring substituents is 1. The maximum atomic E-state index is 12.7. The molecule has 0 bridgehead atoms. The SMILES string of the molecule is C[C@@H](c1ccccc1)N(C)C(=O)C[NH+]1CCN(c2ccc([N+](=O)[O-])cc2)CC1. The van der Waals surface area contributed by atoms with E-state index in [4.69, 9.17) is 0 Å². The van der Waals surface area contributed by atoms with E-state index in [0.717, 1.165) is 37.4 Å². The van der Waals surface area contributed by atoms with Gasteiger partial charge in [0.1, 0.15) is 0 Å². The van der Waals surface area contributed by atoms with E-state index in [1.807, 2.05) is 42.3 Å². The number of hydrogen-bond acceptors (Lipinski definition) is 4. The van der Waals surface area contributed by atoms with Crippen molar-refractivity contribution in [2.75, 3.05) is 44.7 Å². The minimum atomic E-state index is -0.385. The topological polar surface area (TPSA) is 71.1 Å². The fourth-order valence-electron chi connectivity index (χ4n) is 3.55. The average molecular weight is 383 g/mol. The van der Waals surface area contributed by atoms with Gasteiger partial charge in [-0.3, -0.25) is 14.9 Å². The van der Waals surface area contributed by atoms with Crippen molar-refractivity contribution in [1.82, 2.24) is 4.90 Å². The number of rotatable bonds is 6. The zero-order valence-corrected chi connectivity index (χ0v) is 16.4. The highest BCUT2D eigenvalue weighted by atomic mass is 16.6. The van der Waals surface area contributed by atoms with Crippen LogP contribution in [0.3, 0.4) is 0 Å². The normalized spacial score (nSPS) is 15.9. The molecular formula is C21H27N4O3+. The molecule has 7 heteroatoms. The molecule has 7 nitrogen and oxygen atoms in total. The first-order chi connectivity index (χ1) is 13.5. The molecule has 2 aromatic carbocycles. The lowest BCUT2D eigenvalue weighted by Gasteiger charge is -2.34. The zero-order chi connectivity index (χ0) is 20.1. The molecule has 1 amide bonds. The molecule has 0 aromatic heterocycles. The van der Waals surface area contributed by atoms with Crippen LogP contribution in [0, 0.1) is 10.1 Å². The molecule has 0 unspecified atom stereocenters. The fraction of sp³-hybridized carbons (Fsp3) is 0.381. The standard InChI is InChI=1S/C21H26N4O3/c1-17(18-6-4-3-5-7-18)22(2)21(26)16-23-12-14-24(15-13-23)19-8-10-20(11-9-19)25(27)28/h3-11,17H,12-16H2,1-2H3/p+1/t17-/m0/s1. The minimum Gasteiger partial charge on any atom is -0.360 e. The number of benzene rings is 2. The van der Waals surface area contributed by atoms with E-state index in [1.54, 1.807) is 12.1 Å². The first-order valence-electron chi connectivity index (χ1n) is 9.59. The molecule has 0 aliphatic carbocycles. The Balaban J connectivity index is 1.51. The number of nitro groups is 1. The Labute approximate surface area is 165 Å². The van der Waals surface area contributed by atoms with E-state index in [2.05, 4.69) is 11.8 Å². The summed E-state index contributed by atoms with van der Waals surface area (Å²) in [6, 6.07) is 16.8. The first-order valence-corrected chi connectivity index (χ1v) is 9.59. The van der Waals surface area contributed by atoms with E-state index in [9.17, 15) is 14.9 Å². The lowest BCUT2D eigenvalue weighted by Crippen LogP contribution is -3.15. The van der Waals surface area contributed by atoms with Gasteiger partial charge in [0.2, 0.25) is 0 Å². The average Bonchev–Trinajstić information content (AvgIpc) is 2.74. The van der Waals surface area contributed by atoms with E-state index in [1.165, 1.54) is 17.0 Å². The van der Waals surface area contributed by atoms with Crippen LogP contribution in [0.15, 0.2) is 54.6 Å². The second-order valence-corrected chi connectivity index (χ2v) is 7.28. The Bertz CT molecular complexity index is 802. The molecule has 1 N–H and O–H groups in total. The smallest absolute Gasteiger partial charge is 0.278 e. The summed E-state index contributed by atoms with van der Waals surface area (Å²) in [4.78, 5) is 28.4. The van der Waals surface area contributed by atoms with Gasteiger partial charge in [-0.2, -0.15) is 0 Å². The monoisotopic (exact) mass is 383 g/mol. The van der Waals surface area contributed by atoms with E-state index in [0.29, 0.717) is 6.54 Å². The van der Waals surface area contributed by atoms with Crippen LogP contribution in [0.1, 0.15) is 18.5 Å². The molecule has 2 aromatic rings. The van der Waals surface area contributed by atoms with Crippen LogP contribution in [-0.2, 0) is 4.79 Å². The van der Waals surface area contributed by atoms with Gasteiger partial charge in [0, 0.05) is 24.9 Å². The third-order valence-electron chi connectivity index (χ3n) is 5.55. The number of quaternary nitrogens is 1. The predicted molar refractivity (Wildman–Crippen MR) is 109 cm³/mol. The maximum Gasteiger partial charge on any atom is 0.278 e. The summed E-state index contributed by atoms with van der Waals surface area (Å²) in [5, 5.41) is 10.8. The van der Waals surface area contributed by atoms with Crippen LogP contribution in [0.2, 0.25) is 0 Å². The lowest BCUT2D eigenvalue weighted by molar-refractivity contribution is -0.892. The summed E-state index contributed by atoms with van der Waals surface area (Å²) in [6.45, 7) is 5.94. The highest BCUT2D eigenvalue weighted by Crippen LogP contribution is 2.19. The Kier molecular flexibility index (Phi) is 6.26. The Morgan fingerprint density at radius 3 is 2.32 bits per heavy atom. The molecule has 1 atom stereocenters. The van der Waals surface area contributed by atoms with Crippen molar-refractivity contribution in [2.45, 2.75) is 13.0 Å². The number of nitrogens with zero attached hydrogens (tertiary/aromatic N) is 3. The van der Waals surface area contributed by atoms with Crippen LogP contribution in [0.5, 0.6) is 0 Å². The van der Waals surface area contributed by atoms with Gasteiger partial charge in [0.05, 0.1) is 37.1 Å². The Hall–Kier alpha value is -2.93. The number of likely N-dealkylation sites (N-methyl/N-ethyl adjacent to an activating group) is 1. The number of hydrogen-bond donors (Lipinski definition) is 1. The molecule has 1 aliphatic heterocycles. The lowest BCUT2D eigenvalue weighted by atomic mass is 10.1. The van der Waals surface area contributed by atoms with Crippen molar-refractivity contribution in [3.8, 4) is 0 Å². The van der Waals surface area contributed by atoms with Gasteiger partial charge in [-0.05, 0) is 24.6 Å². The van der Waals surface area contributed by atoms with Gasteiger partial charge >= 0.3 is 0 Å². The first kappa shape index (κ1) is 19.8. The summed E-state index contributed by atoms with van der Waals surface area (Å²) >= 11 is 0. The second-order valence-electron chi connectivity index (χ2n) is 7.28. The molecule has 0 radical (unpaired) electrons. The highest BCUT2D eigenvalue weighted by Gasteiger charge is 2.26. The fourth-order valence-corrected chi connectivity index (χ4v) is 3.55. The second kappa shape index (κ2) is 8.84. The summed E-state index contributed by atoms with van der Waals surface area (Å²) < 4.78 is 0. The van der Waals surface area contributed by atoms with Crippen molar-refractivity contribution in [1.29, 1.82) is 0 Å². The van der Waals surface area contributed by atoms with Crippen LogP contribution < -0.4 is 9.80 Å². The number of carbonyl (C=O) groups is 1. The summed E-state index contributed by atoms with van der Waals surface area (Å²) in [6.07, 6.45) is 0. The van der Waals surface area contributed by atoms with Crippen LogP contribution in [-0.4, -0.2) is 55.5 Å². The third kappa shape index (κ3) is 4.67. The quantitative estimate of drug-likeness (QED) is 0.607. The number of nitro benzene ring substituents is 1. The molecule has 3 rings (SSSR count). The molecule has 0 spiro atoms. The van der Waals surface area contributed by atoms with Crippen molar-refractivity contribution in [3.63, 3.8) is 0 Å². The maximum absolute atomic E-state index is 12.7. The number of nitrogens with one attached hydrogen (secondary N) is 1. The van der Waals surface area contributed by atoms with Crippen molar-refractivity contribution in [3.05, 3.63) is 70.3 Å².